The Kier molecular flexibility index (Phi) is 6.58. The van der Waals surface area contributed by atoms with Crippen molar-refractivity contribution in [3.63, 3.8) is 0 Å². The number of pyridine rings is 2. The van der Waals surface area contributed by atoms with Crippen molar-refractivity contribution in [2.45, 2.75) is 27.7 Å². The molecule has 8 heteroatoms. The molecule has 2 heterocycles. The number of methoxy groups -OCH3 is 1. The van der Waals surface area contributed by atoms with Crippen LogP contribution in [0.5, 0.6) is 11.5 Å². The Bertz CT molecular complexity index is 1140. The summed E-state index contributed by atoms with van der Waals surface area (Å²) in [7, 11) is 1.27. The van der Waals surface area contributed by atoms with Crippen molar-refractivity contribution in [2.75, 3.05) is 20.3 Å². The minimum atomic E-state index is -1.19. The molecule has 0 aliphatic heterocycles. The van der Waals surface area contributed by atoms with Gasteiger partial charge in [-0.3, -0.25) is 0 Å². The summed E-state index contributed by atoms with van der Waals surface area (Å²) in [6.45, 7) is 8.87. The first-order valence-electron chi connectivity index (χ1n) is 10.1. The van der Waals surface area contributed by atoms with E-state index in [4.69, 9.17) is 14.2 Å². The molecule has 0 saturated heterocycles. The molecule has 8 nitrogen and oxygen atoms in total. The molecule has 0 bridgehead atoms. The SMILES string of the molecule is COC(=O)c1cc(OCC(C)C)c2ccc3c(OCC(C)C)cc(C(=O)O)nc3c2n1. The fourth-order valence-corrected chi connectivity index (χ4v) is 2.98. The number of aromatic nitrogens is 2. The van der Waals surface area contributed by atoms with Gasteiger partial charge in [0.2, 0.25) is 0 Å². The minimum absolute atomic E-state index is 0.0495. The molecule has 0 amide bonds. The monoisotopic (exact) mass is 426 g/mol. The lowest BCUT2D eigenvalue weighted by atomic mass is 10.1. The Balaban J connectivity index is 2.33. The van der Waals surface area contributed by atoms with E-state index in [9.17, 15) is 14.7 Å². The van der Waals surface area contributed by atoms with Crippen molar-refractivity contribution >= 4 is 33.7 Å². The first-order chi connectivity index (χ1) is 14.7. The number of carboxylic acid groups (broad SMARTS) is 1. The molecular weight excluding hydrogens is 400 g/mol. The van der Waals surface area contributed by atoms with E-state index in [1.165, 1.54) is 19.2 Å². The Hall–Kier alpha value is -3.42. The molecule has 0 fully saturated rings. The quantitative estimate of drug-likeness (QED) is 0.419. The third-order valence-corrected chi connectivity index (χ3v) is 4.44. The lowest BCUT2D eigenvalue weighted by Crippen LogP contribution is -2.10. The van der Waals surface area contributed by atoms with Crippen LogP contribution in [0.25, 0.3) is 21.8 Å². The zero-order valence-corrected chi connectivity index (χ0v) is 18.3. The van der Waals surface area contributed by atoms with Crippen molar-refractivity contribution in [2.24, 2.45) is 11.8 Å². The molecule has 2 aromatic heterocycles. The molecule has 0 radical (unpaired) electrons. The zero-order valence-electron chi connectivity index (χ0n) is 18.3. The lowest BCUT2D eigenvalue weighted by Gasteiger charge is -2.15. The molecule has 31 heavy (non-hydrogen) atoms. The van der Waals surface area contributed by atoms with Crippen molar-refractivity contribution in [1.29, 1.82) is 0 Å². The number of hydrogen-bond donors (Lipinski definition) is 1. The molecule has 0 aliphatic carbocycles. The maximum absolute atomic E-state index is 12.2. The Morgan fingerprint density at radius 3 is 1.74 bits per heavy atom. The molecule has 0 spiro atoms. The van der Waals surface area contributed by atoms with Crippen molar-refractivity contribution in [3.8, 4) is 11.5 Å². The summed E-state index contributed by atoms with van der Waals surface area (Å²) in [5.41, 5.74) is 0.537. The van der Waals surface area contributed by atoms with E-state index in [0.717, 1.165) is 0 Å². The number of fused-ring (bicyclic) bond motifs is 3. The molecule has 1 N–H and O–H groups in total. The first-order valence-corrected chi connectivity index (χ1v) is 10.1. The second-order valence-corrected chi connectivity index (χ2v) is 8.08. The van der Waals surface area contributed by atoms with Gasteiger partial charge in [-0.15, -0.1) is 0 Å². The zero-order chi connectivity index (χ0) is 22.7. The summed E-state index contributed by atoms with van der Waals surface area (Å²) in [5.74, 6) is -0.455. The first kappa shape index (κ1) is 22.3. The number of esters is 1. The highest BCUT2D eigenvalue weighted by atomic mass is 16.5. The summed E-state index contributed by atoms with van der Waals surface area (Å²) >= 11 is 0. The number of benzene rings is 1. The summed E-state index contributed by atoms with van der Waals surface area (Å²) < 4.78 is 16.6. The largest absolute Gasteiger partial charge is 0.493 e. The predicted molar refractivity (Wildman–Crippen MR) is 116 cm³/mol. The molecule has 164 valence electrons. The average molecular weight is 426 g/mol. The number of rotatable bonds is 8. The van der Waals surface area contributed by atoms with Gasteiger partial charge in [0.25, 0.3) is 0 Å². The van der Waals surface area contributed by atoms with Gasteiger partial charge in [0, 0.05) is 22.9 Å². The van der Waals surface area contributed by atoms with Gasteiger partial charge in [0.15, 0.2) is 11.4 Å². The van der Waals surface area contributed by atoms with Crippen molar-refractivity contribution in [3.05, 3.63) is 35.7 Å². The second kappa shape index (κ2) is 9.16. The number of aromatic carboxylic acids is 1. The molecule has 0 atom stereocenters. The van der Waals surface area contributed by atoms with E-state index in [0.29, 0.717) is 46.5 Å². The highest BCUT2D eigenvalue weighted by molar-refractivity contribution is 6.09. The summed E-state index contributed by atoms with van der Waals surface area (Å²) in [4.78, 5) is 32.7. The molecule has 0 aliphatic rings. The fourth-order valence-electron chi connectivity index (χ4n) is 2.98. The standard InChI is InChI=1S/C23H26N2O6/c1-12(2)10-30-18-8-16(22(26)27)24-20-14(18)6-7-15-19(31-11-13(3)4)9-17(23(28)29-5)25-21(15)20/h6-9,12-13H,10-11H2,1-5H3,(H,26,27). The van der Waals surface area contributed by atoms with Crippen molar-refractivity contribution in [1.82, 2.24) is 9.97 Å². The van der Waals surface area contributed by atoms with Crippen LogP contribution in [0.1, 0.15) is 48.7 Å². The molecule has 3 aromatic rings. The third kappa shape index (κ3) is 4.84. The highest BCUT2D eigenvalue weighted by Gasteiger charge is 2.20. The number of carboxylic acids is 1. The van der Waals surface area contributed by atoms with E-state index >= 15 is 0 Å². The van der Waals surface area contributed by atoms with E-state index in [2.05, 4.69) is 9.97 Å². The Labute approximate surface area is 180 Å². The predicted octanol–water partition coefficient (Wildman–Crippen LogP) is 4.34. The normalized spacial score (nSPS) is 11.3. The molecule has 1 aromatic carbocycles. The molecular formula is C23H26N2O6. The van der Waals surface area contributed by atoms with E-state index in [-0.39, 0.29) is 23.2 Å². The average Bonchev–Trinajstić information content (AvgIpc) is 2.74. The van der Waals surface area contributed by atoms with Crippen LogP contribution < -0.4 is 9.47 Å². The van der Waals surface area contributed by atoms with Crippen LogP contribution in [0.3, 0.4) is 0 Å². The van der Waals surface area contributed by atoms with Gasteiger partial charge in [-0.25, -0.2) is 19.6 Å². The smallest absolute Gasteiger partial charge is 0.356 e. The van der Waals surface area contributed by atoms with Gasteiger partial charge in [0.1, 0.15) is 22.5 Å². The third-order valence-electron chi connectivity index (χ3n) is 4.44. The summed E-state index contributed by atoms with van der Waals surface area (Å²) in [5, 5.41) is 10.8. The second-order valence-electron chi connectivity index (χ2n) is 8.08. The van der Waals surface area contributed by atoms with Gasteiger partial charge in [-0.2, -0.15) is 0 Å². The molecule has 0 saturated carbocycles. The van der Waals surface area contributed by atoms with Gasteiger partial charge in [-0.1, -0.05) is 27.7 Å². The number of carbonyl (C=O) groups excluding carboxylic acids is 1. The van der Waals surface area contributed by atoms with Crippen LogP contribution in [0.2, 0.25) is 0 Å². The number of hydrogen-bond acceptors (Lipinski definition) is 7. The summed E-state index contributed by atoms with van der Waals surface area (Å²) in [6.07, 6.45) is 0. The topological polar surface area (TPSA) is 108 Å². The highest BCUT2D eigenvalue weighted by Crippen LogP contribution is 2.35. The maximum atomic E-state index is 12.2. The van der Waals surface area contributed by atoms with E-state index in [1.54, 1.807) is 6.07 Å². The lowest BCUT2D eigenvalue weighted by molar-refractivity contribution is 0.0593. The van der Waals surface area contributed by atoms with Crippen LogP contribution in [-0.4, -0.2) is 47.3 Å². The number of carbonyl (C=O) groups is 2. The Morgan fingerprint density at radius 2 is 1.32 bits per heavy atom. The van der Waals surface area contributed by atoms with Crippen LogP contribution in [0.15, 0.2) is 24.3 Å². The van der Waals surface area contributed by atoms with Crippen LogP contribution in [0, 0.1) is 11.8 Å². The maximum Gasteiger partial charge on any atom is 0.356 e. The van der Waals surface area contributed by atoms with Gasteiger partial charge in [0.05, 0.1) is 20.3 Å². The fraction of sp³-hybridized carbons (Fsp3) is 0.391. The number of nitrogens with zero attached hydrogens (tertiary/aromatic N) is 2. The van der Waals surface area contributed by atoms with Gasteiger partial charge in [-0.05, 0) is 24.0 Å². The van der Waals surface area contributed by atoms with Crippen LogP contribution in [-0.2, 0) is 4.74 Å². The molecule has 3 rings (SSSR count). The van der Waals surface area contributed by atoms with Crippen LogP contribution in [0.4, 0.5) is 0 Å². The van der Waals surface area contributed by atoms with Crippen molar-refractivity contribution < 1.29 is 28.9 Å². The minimum Gasteiger partial charge on any atom is -0.493 e. The number of ether oxygens (including phenoxy) is 3. The molecule has 0 unspecified atom stereocenters. The van der Waals surface area contributed by atoms with Crippen LogP contribution >= 0.6 is 0 Å². The van der Waals surface area contributed by atoms with E-state index in [1.807, 2.05) is 33.8 Å². The summed E-state index contributed by atoms with van der Waals surface area (Å²) in [6, 6.07) is 6.54. The Morgan fingerprint density at radius 1 is 0.871 bits per heavy atom. The van der Waals surface area contributed by atoms with Gasteiger partial charge >= 0.3 is 11.9 Å². The van der Waals surface area contributed by atoms with E-state index < -0.39 is 11.9 Å². The van der Waals surface area contributed by atoms with Gasteiger partial charge < -0.3 is 19.3 Å².